The second-order valence-electron chi connectivity index (χ2n) is 13.4. The minimum atomic E-state index is -0.777. The van der Waals surface area contributed by atoms with Gasteiger partial charge in [0.1, 0.15) is 19.8 Å². The number of hydrogen-bond acceptors (Lipinski definition) is 8. The molecule has 0 aromatic carbocycles. The van der Waals surface area contributed by atoms with Crippen molar-refractivity contribution in [2.24, 2.45) is 5.92 Å². The number of ether oxygens (including phenoxy) is 4. The summed E-state index contributed by atoms with van der Waals surface area (Å²) in [5.41, 5.74) is 1.11. The lowest BCUT2D eigenvalue weighted by Crippen LogP contribution is -2.26. The van der Waals surface area contributed by atoms with Gasteiger partial charge >= 0.3 is 18.1 Å². The molecule has 0 aliphatic carbocycles. The zero-order valence-corrected chi connectivity index (χ0v) is 32.2. The van der Waals surface area contributed by atoms with Crippen LogP contribution in [0.5, 0.6) is 0 Å². The first kappa shape index (κ1) is 46.4. The number of carbonyl (C=O) groups excluding carboxylic acids is 3. The van der Waals surface area contributed by atoms with E-state index in [-0.39, 0.29) is 32.4 Å². The molecule has 1 unspecified atom stereocenters. The van der Waals surface area contributed by atoms with Gasteiger partial charge < -0.3 is 23.8 Å². The van der Waals surface area contributed by atoms with Crippen LogP contribution in [0.3, 0.4) is 0 Å². The third-order valence-electron chi connectivity index (χ3n) is 8.20. The fourth-order valence-corrected chi connectivity index (χ4v) is 5.13. The highest BCUT2D eigenvalue weighted by Gasteiger charge is 2.18. The van der Waals surface area contributed by atoms with E-state index in [9.17, 15) is 14.4 Å². The molecule has 49 heavy (non-hydrogen) atoms. The lowest BCUT2D eigenvalue weighted by Gasteiger charge is -2.17. The van der Waals surface area contributed by atoms with Gasteiger partial charge in [-0.15, -0.1) is 0 Å². The first-order valence-corrected chi connectivity index (χ1v) is 19.6. The largest absolute Gasteiger partial charge is 0.508 e. The Morgan fingerprint density at radius 2 is 1.12 bits per heavy atom. The number of carbonyl (C=O) groups is 3. The zero-order chi connectivity index (χ0) is 36.2. The van der Waals surface area contributed by atoms with Crippen molar-refractivity contribution in [1.29, 1.82) is 0 Å². The molecule has 0 fully saturated rings. The van der Waals surface area contributed by atoms with Crippen molar-refractivity contribution in [1.82, 2.24) is 4.90 Å². The van der Waals surface area contributed by atoms with Crippen molar-refractivity contribution >= 4 is 18.1 Å². The minimum absolute atomic E-state index is 0.00368. The van der Waals surface area contributed by atoms with Gasteiger partial charge in [-0.25, -0.2) is 9.59 Å². The summed E-state index contributed by atoms with van der Waals surface area (Å²) in [6.07, 6.45) is 31.7. The molecular weight excluding hydrogens is 618 g/mol. The first-order valence-electron chi connectivity index (χ1n) is 19.6. The molecule has 0 aromatic heterocycles. The van der Waals surface area contributed by atoms with E-state index in [1.165, 1.54) is 38.5 Å². The molecule has 1 atom stereocenters. The Kier molecular flexibility index (Phi) is 33.3. The van der Waals surface area contributed by atoms with Gasteiger partial charge in [0.25, 0.3) is 0 Å². The van der Waals surface area contributed by atoms with Crippen molar-refractivity contribution in [2.45, 2.75) is 156 Å². The highest BCUT2D eigenvalue weighted by molar-refractivity contribution is 5.82. The summed E-state index contributed by atoms with van der Waals surface area (Å²) in [5.74, 6) is -1.18. The Labute approximate surface area is 300 Å². The van der Waals surface area contributed by atoms with Crippen LogP contribution in [0.15, 0.2) is 36.0 Å². The van der Waals surface area contributed by atoms with Gasteiger partial charge in [-0.1, -0.05) is 108 Å². The summed E-state index contributed by atoms with van der Waals surface area (Å²) in [4.78, 5) is 39.4. The van der Waals surface area contributed by atoms with Gasteiger partial charge in [0.15, 0.2) is 0 Å². The predicted octanol–water partition coefficient (Wildman–Crippen LogP) is 10.7. The van der Waals surface area contributed by atoms with Crippen LogP contribution in [0, 0.1) is 5.92 Å². The molecule has 0 saturated carbocycles. The lowest BCUT2D eigenvalue weighted by atomic mass is 10.0. The number of hydrogen-bond donors (Lipinski definition) is 0. The van der Waals surface area contributed by atoms with Crippen LogP contribution in [0.2, 0.25) is 0 Å². The Hall–Kier alpha value is -2.61. The summed E-state index contributed by atoms with van der Waals surface area (Å²) in [7, 11) is 3.91. The molecule has 0 heterocycles. The zero-order valence-electron chi connectivity index (χ0n) is 32.2. The summed E-state index contributed by atoms with van der Waals surface area (Å²) < 4.78 is 21.5. The molecule has 0 bridgehead atoms. The highest BCUT2D eigenvalue weighted by atomic mass is 16.7. The maximum Gasteiger partial charge on any atom is 0.508 e. The van der Waals surface area contributed by atoms with Gasteiger partial charge in [0.2, 0.25) is 0 Å². The molecule has 0 aliphatic rings. The maximum absolute atomic E-state index is 12.7. The van der Waals surface area contributed by atoms with Crippen molar-refractivity contribution in [3.05, 3.63) is 36.0 Å². The Morgan fingerprint density at radius 1 is 0.571 bits per heavy atom. The second-order valence-corrected chi connectivity index (χ2v) is 13.4. The van der Waals surface area contributed by atoms with Gasteiger partial charge in [-0.3, -0.25) is 4.79 Å². The van der Waals surface area contributed by atoms with E-state index >= 15 is 0 Å². The molecular formula is C41H73NO7. The Bertz CT molecular complexity index is 896. The molecule has 8 nitrogen and oxygen atoms in total. The summed E-state index contributed by atoms with van der Waals surface area (Å²) in [6.45, 7) is 7.52. The van der Waals surface area contributed by atoms with E-state index in [4.69, 9.17) is 18.9 Å². The molecule has 0 aliphatic heterocycles. The average Bonchev–Trinajstić information content (AvgIpc) is 3.08. The number of nitrogens with zero attached hydrogens (tertiary/aromatic N) is 1. The third-order valence-corrected chi connectivity index (χ3v) is 8.20. The normalized spacial score (nSPS) is 12.6. The van der Waals surface area contributed by atoms with Crippen LogP contribution in [0.25, 0.3) is 0 Å². The molecule has 0 rings (SSSR count). The topological polar surface area (TPSA) is 91.4 Å². The van der Waals surface area contributed by atoms with Crippen LogP contribution in [-0.4, -0.2) is 70.1 Å². The van der Waals surface area contributed by atoms with E-state index < -0.39 is 18.0 Å². The molecule has 284 valence electrons. The van der Waals surface area contributed by atoms with Crippen molar-refractivity contribution < 1.29 is 33.3 Å². The summed E-state index contributed by atoms with van der Waals surface area (Å²) in [5, 5.41) is 0. The average molecular weight is 692 g/mol. The van der Waals surface area contributed by atoms with Crippen LogP contribution in [0.1, 0.15) is 156 Å². The molecule has 0 saturated heterocycles. The number of rotatable bonds is 33. The van der Waals surface area contributed by atoms with E-state index in [1.54, 1.807) is 6.08 Å². The van der Waals surface area contributed by atoms with Gasteiger partial charge in [-0.05, 0) is 84.7 Å². The molecule has 8 heteroatoms. The van der Waals surface area contributed by atoms with Crippen LogP contribution in [-0.2, 0) is 28.5 Å². The molecule has 0 amide bonds. The second kappa shape index (κ2) is 35.2. The fourth-order valence-electron chi connectivity index (χ4n) is 5.13. The number of unbranched alkanes of at least 4 members (excludes halogenated alkanes) is 12. The Morgan fingerprint density at radius 3 is 1.82 bits per heavy atom. The van der Waals surface area contributed by atoms with Gasteiger partial charge in [-0.2, -0.15) is 0 Å². The Balaban J connectivity index is 4.62. The van der Waals surface area contributed by atoms with Crippen LogP contribution < -0.4 is 0 Å². The van der Waals surface area contributed by atoms with Crippen molar-refractivity contribution in [3.8, 4) is 0 Å². The summed E-state index contributed by atoms with van der Waals surface area (Å²) in [6, 6.07) is 0. The minimum Gasteiger partial charge on any atom is -0.465 e. The monoisotopic (exact) mass is 692 g/mol. The number of allylic oxidation sites excluding steroid dienone is 5. The lowest BCUT2D eigenvalue weighted by molar-refractivity contribution is -0.148. The van der Waals surface area contributed by atoms with Crippen LogP contribution in [0.4, 0.5) is 4.79 Å². The fraction of sp³-hybridized carbons (Fsp3) is 0.780. The smallest absolute Gasteiger partial charge is 0.465 e. The SMILES string of the molecule is CCCCC/C=C\C/C=C\CCCCCCCC(=O)OCC(COC(=O)/C=C(/CCCC)CCCCCC)COC(=O)OCCCN(C)C. The van der Waals surface area contributed by atoms with E-state index in [0.29, 0.717) is 12.8 Å². The van der Waals surface area contributed by atoms with Gasteiger partial charge in [0.05, 0.1) is 12.5 Å². The predicted molar refractivity (Wildman–Crippen MR) is 202 cm³/mol. The quantitative estimate of drug-likeness (QED) is 0.0221. The molecule has 0 radical (unpaired) electrons. The maximum atomic E-state index is 12.7. The van der Waals surface area contributed by atoms with Crippen molar-refractivity contribution in [2.75, 3.05) is 47.1 Å². The highest BCUT2D eigenvalue weighted by Crippen LogP contribution is 2.17. The van der Waals surface area contributed by atoms with Crippen molar-refractivity contribution in [3.63, 3.8) is 0 Å². The summed E-state index contributed by atoms with van der Waals surface area (Å²) >= 11 is 0. The van der Waals surface area contributed by atoms with E-state index in [2.05, 4.69) is 45.1 Å². The molecule has 0 aromatic rings. The molecule has 0 N–H and O–H groups in total. The number of esters is 2. The van der Waals surface area contributed by atoms with E-state index in [0.717, 1.165) is 95.6 Å². The van der Waals surface area contributed by atoms with E-state index in [1.807, 2.05) is 19.0 Å². The first-order chi connectivity index (χ1) is 23.8. The third kappa shape index (κ3) is 33.7. The standard InChI is InChI=1S/C41H73NO7/c1-6-9-12-14-15-16-17-18-19-20-21-22-23-24-26-30-39(43)47-34-38(36-49-41(45)46-32-27-31-42(4)5)35-48-40(44)33-37(28-11-8-3)29-25-13-10-7-2/h15-16,18-19,33,38H,6-14,17,20-32,34-36H2,1-5H3/b16-15-,19-18-,37-33-. The van der Waals surface area contributed by atoms with Gasteiger partial charge in [0, 0.05) is 19.0 Å². The molecule has 0 spiro atoms. The van der Waals surface area contributed by atoms with Crippen LogP contribution >= 0.6 is 0 Å².